The van der Waals surface area contributed by atoms with Gasteiger partial charge in [-0.25, -0.2) is 4.98 Å². The van der Waals surface area contributed by atoms with Crippen LogP contribution in [0, 0.1) is 0 Å². The first kappa shape index (κ1) is 24.9. The van der Waals surface area contributed by atoms with E-state index in [2.05, 4.69) is 26.3 Å². The average molecular weight is 541 g/mol. The summed E-state index contributed by atoms with van der Waals surface area (Å²) in [6.45, 7) is 1.12. The van der Waals surface area contributed by atoms with Gasteiger partial charge in [0.1, 0.15) is 5.82 Å². The maximum atomic E-state index is 13.2. The molecule has 1 aliphatic carbocycles. The molecule has 1 fully saturated rings. The van der Waals surface area contributed by atoms with Gasteiger partial charge in [-0.2, -0.15) is 0 Å². The Balaban J connectivity index is 1.11. The lowest BCUT2D eigenvalue weighted by Gasteiger charge is -2.16. The molecule has 8 heteroatoms. The lowest BCUT2D eigenvalue weighted by atomic mass is 9.98. The summed E-state index contributed by atoms with van der Waals surface area (Å²) in [6.07, 6.45) is 9.41. The Labute approximate surface area is 237 Å². The molecule has 2 aliphatic rings. The van der Waals surface area contributed by atoms with Crippen LogP contribution in [0.1, 0.15) is 29.9 Å². The van der Waals surface area contributed by atoms with Gasteiger partial charge in [0, 0.05) is 73.0 Å². The number of nitrogens with zero attached hydrogens (tertiary/aromatic N) is 5. The third kappa shape index (κ3) is 4.57. The minimum atomic E-state index is -0.121. The number of rotatable bonds is 6. The summed E-state index contributed by atoms with van der Waals surface area (Å²) in [5.41, 5.74) is 9.32. The van der Waals surface area contributed by atoms with Crippen molar-refractivity contribution in [2.24, 2.45) is 7.05 Å². The molecule has 1 saturated heterocycles. The first-order valence-corrected chi connectivity index (χ1v) is 13.8. The van der Waals surface area contributed by atoms with E-state index in [1.54, 1.807) is 6.20 Å². The zero-order chi connectivity index (χ0) is 27.9. The third-order valence-electron chi connectivity index (χ3n) is 7.96. The van der Waals surface area contributed by atoms with Gasteiger partial charge >= 0.3 is 0 Å². The molecule has 7 rings (SSSR count). The van der Waals surface area contributed by atoms with Gasteiger partial charge in [-0.05, 0) is 60.0 Å². The monoisotopic (exact) mass is 540 g/mol. The molecule has 4 heterocycles. The topological polar surface area (TPSA) is 93.0 Å². The van der Waals surface area contributed by atoms with E-state index in [4.69, 9.17) is 0 Å². The van der Waals surface area contributed by atoms with Crippen molar-refractivity contribution in [3.63, 3.8) is 0 Å². The van der Waals surface area contributed by atoms with Crippen molar-refractivity contribution < 1.29 is 9.59 Å². The molecule has 1 N–H and O–H groups in total. The highest BCUT2D eigenvalue weighted by molar-refractivity contribution is 6.01. The van der Waals surface area contributed by atoms with Gasteiger partial charge < -0.3 is 14.8 Å². The van der Waals surface area contributed by atoms with Crippen molar-refractivity contribution in [1.82, 2.24) is 24.8 Å². The molecule has 0 saturated carbocycles. The minimum absolute atomic E-state index is 0.121. The minimum Gasteiger partial charge on any atom is -0.345 e. The first-order chi connectivity index (χ1) is 20.0. The Hall–Kier alpha value is -5.11. The molecule has 0 unspecified atom stereocenters. The van der Waals surface area contributed by atoms with Crippen molar-refractivity contribution >= 4 is 34.6 Å². The number of amides is 2. The highest BCUT2D eigenvalue weighted by atomic mass is 16.2. The summed E-state index contributed by atoms with van der Waals surface area (Å²) in [5.74, 6) is 0.862. The van der Waals surface area contributed by atoms with Gasteiger partial charge in [0.05, 0.1) is 23.3 Å². The molecule has 41 heavy (non-hydrogen) atoms. The molecular weight excluding hydrogens is 512 g/mol. The number of para-hydroxylation sites is 2. The maximum absolute atomic E-state index is 13.2. The number of anilines is 1. The van der Waals surface area contributed by atoms with Gasteiger partial charge in [-0.15, -0.1) is 0 Å². The summed E-state index contributed by atoms with van der Waals surface area (Å²) in [6, 6.07) is 20.1. The van der Waals surface area contributed by atoms with Crippen LogP contribution in [0.2, 0.25) is 0 Å². The summed E-state index contributed by atoms with van der Waals surface area (Å²) in [7, 11) is 1.96. The van der Waals surface area contributed by atoms with Gasteiger partial charge in [0.15, 0.2) is 0 Å². The highest BCUT2D eigenvalue weighted by Crippen LogP contribution is 2.34. The first-order valence-electron chi connectivity index (χ1n) is 13.8. The number of hydrogen-bond acceptors (Lipinski definition) is 5. The predicted molar refractivity (Wildman–Crippen MR) is 159 cm³/mol. The van der Waals surface area contributed by atoms with Crippen molar-refractivity contribution in [3.8, 4) is 22.3 Å². The Morgan fingerprint density at radius 1 is 1.00 bits per heavy atom. The number of fused-ring (bicyclic) bond motifs is 2. The SMILES string of the molecule is Cn1c(CNC(=O)C2=Cc3c(-c4cncc(-c5ccc(N6CCCC6=O)cc5)c4)ccnc3C2)nc2ccccc21. The smallest absolute Gasteiger partial charge is 0.247 e. The fraction of sp³-hybridized carbons (Fsp3) is 0.182. The molecule has 2 aromatic carbocycles. The largest absolute Gasteiger partial charge is 0.345 e. The van der Waals surface area contributed by atoms with Crippen molar-refractivity contribution in [2.75, 3.05) is 11.4 Å². The number of aromatic nitrogens is 4. The standard InChI is InChI=1S/C33H28N6O2/c1-38-30-6-3-2-5-28(30)37-31(38)20-36-33(41)22-16-27-26(12-13-35-29(27)17-22)24-15-23(18-34-19-24)21-8-10-25(11-9-21)39-14-4-7-32(39)40/h2-3,5-6,8-13,15-16,18-19H,4,7,14,17,20H2,1H3,(H,36,41). The molecule has 0 bridgehead atoms. The van der Waals surface area contributed by atoms with Gasteiger partial charge in [-0.3, -0.25) is 19.6 Å². The number of hydrogen-bond donors (Lipinski definition) is 1. The number of nitrogens with one attached hydrogen (secondary N) is 1. The normalized spacial score (nSPS) is 14.4. The molecule has 5 aromatic rings. The van der Waals surface area contributed by atoms with Crippen LogP contribution in [-0.2, 0) is 29.6 Å². The lowest BCUT2D eigenvalue weighted by Crippen LogP contribution is -2.26. The predicted octanol–water partition coefficient (Wildman–Crippen LogP) is 5.08. The van der Waals surface area contributed by atoms with E-state index in [1.807, 2.05) is 89.6 Å². The van der Waals surface area contributed by atoms with Crippen LogP contribution in [0.4, 0.5) is 5.69 Å². The molecule has 2 amide bonds. The number of pyridine rings is 2. The molecule has 0 spiro atoms. The molecule has 0 atom stereocenters. The zero-order valence-corrected chi connectivity index (χ0v) is 22.7. The Kier molecular flexibility index (Phi) is 6.15. The van der Waals surface area contributed by atoms with Gasteiger partial charge in [0.2, 0.25) is 11.8 Å². The van der Waals surface area contributed by atoms with Crippen LogP contribution in [0.5, 0.6) is 0 Å². The van der Waals surface area contributed by atoms with E-state index < -0.39 is 0 Å². The van der Waals surface area contributed by atoms with E-state index in [0.29, 0.717) is 25.0 Å². The van der Waals surface area contributed by atoms with Crippen LogP contribution < -0.4 is 10.2 Å². The summed E-state index contributed by atoms with van der Waals surface area (Å²) in [5, 5.41) is 3.04. The number of carbonyl (C=O) groups is 2. The fourth-order valence-electron chi connectivity index (χ4n) is 5.75. The second-order valence-corrected chi connectivity index (χ2v) is 10.5. The molecule has 0 radical (unpaired) electrons. The van der Waals surface area contributed by atoms with Crippen LogP contribution in [0.25, 0.3) is 39.4 Å². The van der Waals surface area contributed by atoms with Crippen LogP contribution in [0.3, 0.4) is 0 Å². The second kappa shape index (κ2) is 10.1. The van der Waals surface area contributed by atoms with Crippen molar-refractivity contribution in [3.05, 3.63) is 102 Å². The number of imidazole rings is 1. The Bertz CT molecular complexity index is 1850. The van der Waals surface area contributed by atoms with Crippen LogP contribution >= 0.6 is 0 Å². The molecule has 202 valence electrons. The Morgan fingerprint density at radius 3 is 2.63 bits per heavy atom. The molecule has 3 aromatic heterocycles. The number of benzene rings is 2. The maximum Gasteiger partial charge on any atom is 0.247 e. The van der Waals surface area contributed by atoms with Crippen LogP contribution in [-0.4, -0.2) is 37.9 Å². The fourth-order valence-corrected chi connectivity index (χ4v) is 5.75. The van der Waals surface area contributed by atoms with E-state index in [1.165, 1.54) is 0 Å². The van der Waals surface area contributed by atoms with Crippen molar-refractivity contribution in [1.29, 1.82) is 0 Å². The summed E-state index contributed by atoms with van der Waals surface area (Å²) < 4.78 is 2.01. The van der Waals surface area contributed by atoms with Gasteiger partial charge in [0.25, 0.3) is 0 Å². The van der Waals surface area contributed by atoms with Gasteiger partial charge in [-0.1, -0.05) is 24.3 Å². The van der Waals surface area contributed by atoms with E-state index in [9.17, 15) is 9.59 Å². The molecule has 8 nitrogen and oxygen atoms in total. The number of aryl methyl sites for hydroxylation is 1. The average Bonchev–Trinajstić information content (AvgIpc) is 3.73. The summed E-state index contributed by atoms with van der Waals surface area (Å²) in [4.78, 5) is 40.9. The van der Waals surface area contributed by atoms with E-state index >= 15 is 0 Å². The highest BCUT2D eigenvalue weighted by Gasteiger charge is 2.24. The Morgan fingerprint density at radius 2 is 1.83 bits per heavy atom. The molecular formula is C33H28N6O2. The van der Waals surface area contributed by atoms with E-state index in [0.717, 1.165) is 69.0 Å². The number of carbonyl (C=O) groups excluding carboxylic acids is 2. The molecule has 1 aliphatic heterocycles. The third-order valence-corrected chi connectivity index (χ3v) is 7.96. The summed E-state index contributed by atoms with van der Waals surface area (Å²) >= 11 is 0. The van der Waals surface area contributed by atoms with E-state index in [-0.39, 0.29) is 11.8 Å². The van der Waals surface area contributed by atoms with Crippen molar-refractivity contribution in [2.45, 2.75) is 25.8 Å². The van der Waals surface area contributed by atoms with Crippen LogP contribution in [0.15, 0.2) is 84.8 Å². The lowest BCUT2D eigenvalue weighted by molar-refractivity contribution is -0.118. The quantitative estimate of drug-likeness (QED) is 0.324. The zero-order valence-electron chi connectivity index (χ0n) is 22.7. The second-order valence-electron chi connectivity index (χ2n) is 10.5.